The van der Waals surface area contributed by atoms with Gasteiger partial charge in [-0.2, -0.15) is 5.26 Å². The van der Waals surface area contributed by atoms with E-state index in [9.17, 15) is 10.1 Å². The molecule has 3 heteroatoms. The fourth-order valence-electron chi connectivity index (χ4n) is 3.18. The van der Waals surface area contributed by atoms with Crippen molar-refractivity contribution in [2.75, 3.05) is 0 Å². The van der Waals surface area contributed by atoms with E-state index in [-0.39, 0.29) is 11.4 Å². The van der Waals surface area contributed by atoms with Crippen molar-refractivity contribution in [1.29, 1.82) is 5.26 Å². The Labute approximate surface area is 157 Å². The largest absolute Gasteiger partial charge is 0.354 e. The van der Waals surface area contributed by atoms with Crippen LogP contribution in [0.15, 0.2) is 90.5 Å². The van der Waals surface area contributed by atoms with Gasteiger partial charge in [0, 0.05) is 22.0 Å². The average molecular weight is 348 g/mol. The molecule has 3 aromatic carbocycles. The number of aromatic amines is 1. The Morgan fingerprint density at radius 2 is 1.48 bits per heavy atom. The number of H-pyrrole nitrogens is 1. The van der Waals surface area contributed by atoms with Crippen molar-refractivity contribution in [2.45, 2.75) is 0 Å². The highest BCUT2D eigenvalue weighted by molar-refractivity contribution is 6.15. The zero-order valence-corrected chi connectivity index (χ0v) is 14.5. The molecule has 0 saturated heterocycles. The Hall–Kier alpha value is -3.90. The number of benzene rings is 3. The lowest BCUT2D eigenvalue weighted by Crippen LogP contribution is -2.01. The first-order chi connectivity index (χ1) is 13.3. The summed E-state index contributed by atoms with van der Waals surface area (Å²) in [6.45, 7) is 0. The van der Waals surface area contributed by atoms with Crippen molar-refractivity contribution in [1.82, 2.24) is 4.98 Å². The molecule has 0 atom stereocenters. The lowest BCUT2D eigenvalue weighted by molar-refractivity contribution is 0.104. The summed E-state index contributed by atoms with van der Waals surface area (Å²) in [5, 5.41) is 10.6. The summed E-state index contributed by atoms with van der Waals surface area (Å²) >= 11 is 0. The van der Waals surface area contributed by atoms with Crippen LogP contribution in [0.5, 0.6) is 0 Å². The highest BCUT2D eigenvalue weighted by Gasteiger charge is 2.16. The van der Waals surface area contributed by atoms with Gasteiger partial charge in [-0.3, -0.25) is 4.79 Å². The molecule has 0 unspecified atom stereocenters. The number of rotatable bonds is 4. The van der Waals surface area contributed by atoms with E-state index in [1.165, 1.54) is 0 Å². The van der Waals surface area contributed by atoms with Gasteiger partial charge in [-0.1, -0.05) is 78.9 Å². The van der Waals surface area contributed by atoms with Gasteiger partial charge in [0.05, 0.1) is 5.69 Å². The van der Waals surface area contributed by atoms with Gasteiger partial charge in [0.1, 0.15) is 11.6 Å². The molecule has 0 bridgehead atoms. The molecular formula is C24H16N2O. The number of Topliss-reactive ketones (excluding diaryl/α,β-unsaturated/α-hetero) is 1. The SMILES string of the molecule is N#C/C(=C\c1c(-c2ccccc2)[nH]c2ccccc12)C(=O)c1ccccc1. The van der Waals surface area contributed by atoms with E-state index < -0.39 is 0 Å². The lowest BCUT2D eigenvalue weighted by Gasteiger charge is -2.03. The molecule has 0 fully saturated rings. The van der Waals surface area contributed by atoms with Crippen LogP contribution in [0.25, 0.3) is 28.2 Å². The summed E-state index contributed by atoms with van der Waals surface area (Å²) in [6, 6.07) is 28.8. The van der Waals surface area contributed by atoms with E-state index in [0.717, 1.165) is 27.7 Å². The number of allylic oxidation sites excluding steroid dienone is 1. The second-order valence-corrected chi connectivity index (χ2v) is 6.19. The number of nitrogens with one attached hydrogen (secondary N) is 1. The molecule has 1 aromatic heterocycles. The zero-order chi connectivity index (χ0) is 18.6. The molecule has 1 N–H and O–H groups in total. The van der Waals surface area contributed by atoms with Crippen molar-refractivity contribution >= 4 is 22.8 Å². The molecule has 128 valence electrons. The summed E-state index contributed by atoms with van der Waals surface area (Å²) in [7, 11) is 0. The predicted octanol–water partition coefficient (Wildman–Crippen LogP) is 5.62. The molecule has 0 aliphatic carbocycles. The Morgan fingerprint density at radius 1 is 0.852 bits per heavy atom. The number of carbonyl (C=O) groups is 1. The first kappa shape index (κ1) is 16.6. The fourth-order valence-corrected chi connectivity index (χ4v) is 3.18. The van der Waals surface area contributed by atoms with E-state index in [1.54, 1.807) is 30.3 Å². The third-order valence-corrected chi connectivity index (χ3v) is 4.50. The van der Waals surface area contributed by atoms with Crippen molar-refractivity contribution in [2.24, 2.45) is 0 Å². The quantitative estimate of drug-likeness (QED) is 0.295. The topological polar surface area (TPSA) is 56.6 Å². The molecule has 1 heterocycles. The normalized spacial score (nSPS) is 11.3. The number of ketones is 1. The van der Waals surface area contributed by atoms with E-state index in [2.05, 4.69) is 11.1 Å². The second kappa shape index (κ2) is 7.15. The van der Waals surface area contributed by atoms with Crippen LogP contribution >= 0.6 is 0 Å². The van der Waals surface area contributed by atoms with Crippen LogP contribution in [-0.4, -0.2) is 10.8 Å². The summed E-state index contributed by atoms with van der Waals surface area (Å²) in [5.41, 5.74) is 4.33. The summed E-state index contributed by atoms with van der Waals surface area (Å²) in [6.07, 6.45) is 1.69. The second-order valence-electron chi connectivity index (χ2n) is 6.19. The maximum Gasteiger partial charge on any atom is 0.203 e. The van der Waals surface area contributed by atoms with Crippen LogP contribution in [0.4, 0.5) is 0 Å². The van der Waals surface area contributed by atoms with Gasteiger partial charge < -0.3 is 4.98 Å². The molecular weight excluding hydrogens is 332 g/mol. The molecule has 0 aliphatic rings. The molecule has 0 radical (unpaired) electrons. The first-order valence-corrected chi connectivity index (χ1v) is 8.65. The first-order valence-electron chi connectivity index (χ1n) is 8.65. The van der Waals surface area contributed by atoms with E-state index in [1.807, 2.05) is 60.7 Å². The standard InChI is InChI=1S/C24H16N2O/c25-16-19(24(27)18-11-5-2-6-12-18)15-21-20-13-7-8-14-22(20)26-23(21)17-9-3-1-4-10-17/h1-15,26H/b19-15+. The van der Waals surface area contributed by atoms with E-state index >= 15 is 0 Å². The third kappa shape index (κ3) is 3.17. The minimum Gasteiger partial charge on any atom is -0.354 e. The molecule has 0 amide bonds. The number of nitrogens with zero attached hydrogens (tertiary/aromatic N) is 1. The lowest BCUT2D eigenvalue weighted by atomic mass is 9.99. The minimum atomic E-state index is -0.276. The molecule has 3 nitrogen and oxygen atoms in total. The summed E-state index contributed by atoms with van der Waals surface area (Å²) < 4.78 is 0. The molecule has 27 heavy (non-hydrogen) atoms. The molecule has 0 aliphatic heterocycles. The number of aromatic nitrogens is 1. The number of fused-ring (bicyclic) bond motifs is 1. The summed E-state index contributed by atoms with van der Waals surface area (Å²) in [4.78, 5) is 16.2. The van der Waals surface area contributed by atoms with Gasteiger partial charge >= 0.3 is 0 Å². The number of nitriles is 1. The molecule has 4 aromatic rings. The Bertz CT molecular complexity index is 1180. The molecule has 4 rings (SSSR count). The van der Waals surface area contributed by atoms with Gasteiger partial charge in [-0.15, -0.1) is 0 Å². The van der Waals surface area contributed by atoms with Crippen LogP contribution in [0.1, 0.15) is 15.9 Å². The monoisotopic (exact) mass is 348 g/mol. The van der Waals surface area contributed by atoms with Crippen molar-refractivity contribution in [3.63, 3.8) is 0 Å². The number of hydrogen-bond donors (Lipinski definition) is 1. The third-order valence-electron chi connectivity index (χ3n) is 4.50. The van der Waals surface area contributed by atoms with Gasteiger partial charge in [0.2, 0.25) is 5.78 Å². The number of hydrogen-bond acceptors (Lipinski definition) is 2. The van der Waals surface area contributed by atoms with Crippen molar-refractivity contribution in [3.05, 3.63) is 102 Å². The number of para-hydroxylation sites is 1. The number of carbonyl (C=O) groups excluding carboxylic acids is 1. The Balaban J connectivity index is 1.91. The van der Waals surface area contributed by atoms with Gasteiger partial charge in [-0.05, 0) is 17.7 Å². The van der Waals surface area contributed by atoms with Crippen LogP contribution in [0.3, 0.4) is 0 Å². The van der Waals surface area contributed by atoms with Crippen molar-refractivity contribution in [3.8, 4) is 17.3 Å². The smallest absolute Gasteiger partial charge is 0.203 e. The predicted molar refractivity (Wildman–Crippen MR) is 108 cm³/mol. The Morgan fingerprint density at radius 3 is 2.19 bits per heavy atom. The van der Waals surface area contributed by atoms with Crippen LogP contribution < -0.4 is 0 Å². The van der Waals surface area contributed by atoms with Crippen LogP contribution in [0, 0.1) is 11.3 Å². The van der Waals surface area contributed by atoms with Crippen molar-refractivity contribution < 1.29 is 4.79 Å². The highest BCUT2D eigenvalue weighted by Crippen LogP contribution is 2.32. The molecule has 0 saturated carbocycles. The average Bonchev–Trinajstić information content (AvgIpc) is 3.11. The Kier molecular flexibility index (Phi) is 4.38. The van der Waals surface area contributed by atoms with E-state index in [4.69, 9.17) is 0 Å². The van der Waals surface area contributed by atoms with Crippen LogP contribution in [0.2, 0.25) is 0 Å². The molecule has 0 spiro atoms. The van der Waals surface area contributed by atoms with Gasteiger partial charge in [0.25, 0.3) is 0 Å². The zero-order valence-electron chi connectivity index (χ0n) is 14.5. The highest BCUT2D eigenvalue weighted by atomic mass is 16.1. The van der Waals surface area contributed by atoms with Gasteiger partial charge in [-0.25, -0.2) is 0 Å². The minimum absolute atomic E-state index is 0.114. The maximum absolute atomic E-state index is 12.8. The summed E-state index contributed by atoms with van der Waals surface area (Å²) in [5.74, 6) is -0.276. The van der Waals surface area contributed by atoms with E-state index in [0.29, 0.717) is 5.56 Å². The maximum atomic E-state index is 12.8. The van der Waals surface area contributed by atoms with Gasteiger partial charge in [0.15, 0.2) is 0 Å². The fraction of sp³-hybridized carbons (Fsp3) is 0. The van der Waals surface area contributed by atoms with Crippen LogP contribution in [-0.2, 0) is 0 Å².